The number of nitrogens with zero attached hydrogens (tertiary/aromatic N) is 3. The van der Waals surface area contributed by atoms with Crippen molar-refractivity contribution in [3.8, 4) is 0 Å². The van der Waals surface area contributed by atoms with Gasteiger partial charge in [-0.3, -0.25) is 4.99 Å². The summed E-state index contributed by atoms with van der Waals surface area (Å²) in [5, 5.41) is 0. The van der Waals surface area contributed by atoms with Crippen LogP contribution < -0.4 is 5.73 Å². The van der Waals surface area contributed by atoms with Gasteiger partial charge in [0.05, 0.1) is 0 Å². The Kier molecular flexibility index (Phi) is 3.54. The lowest BCUT2D eigenvalue weighted by atomic mass is 10.3. The lowest BCUT2D eigenvalue weighted by molar-refractivity contribution is 0.213. The molecule has 0 amide bonds. The third kappa shape index (κ3) is 3.22. The molecule has 76 valence electrons. The molecule has 4 nitrogen and oxygen atoms in total. The van der Waals surface area contributed by atoms with E-state index in [9.17, 15) is 0 Å². The quantitative estimate of drug-likeness (QED) is 0.459. The van der Waals surface area contributed by atoms with E-state index in [4.69, 9.17) is 5.73 Å². The van der Waals surface area contributed by atoms with Gasteiger partial charge in [-0.25, -0.2) is 0 Å². The van der Waals surface area contributed by atoms with Gasteiger partial charge in [0.15, 0.2) is 5.96 Å². The van der Waals surface area contributed by atoms with Crippen molar-refractivity contribution >= 4 is 5.96 Å². The Hall–Kier alpha value is -0.770. The van der Waals surface area contributed by atoms with Crippen molar-refractivity contribution in [2.24, 2.45) is 10.7 Å². The molecule has 2 N–H and O–H groups in total. The summed E-state index contributed by atoms with van der Waals surface area (Å²) in [6.45, 7) is 8.24. The highest BCUT2D eigenvalue weighted by molar-refractivity contribution is 5.78. The van der Waals surface area contributed by atoms with E-state index >= 15 is 0 Å². The largest absolute Gasteiger partial charge is 0.370 e. The van der Waals surface area contributed by atoms with Crippen LogP contribution in [0, 0.1) is 0 Å². The van der Waals surface area contributed by atoms with Crippen LogP contribution in [0.3, 0.4) is 0 Å². The Morgan fingerprint density at radius 2 is 1.77 bits per heavy atom. The molecule has 1 heterocycles. The Labute approximate surface area is 80.4 Å². The summed E-state index contributed by atoms with van der Waals surface area (Å²) in [6.07, 6.45) is 0. The van der Waals surface area contributed by atoms with Crippen molar-refractivity contribution in [2.45, 2.75) is 19.9 Å². The fourth-order valence-electron chi connectivity index (χ4n) is 1.38. The van der Waals surface area contributed by atoms with Gasteiger partial charge in [0, 0.05) is 32.2 Å². The number of piperazine rings is 1. The molecule has 0 atom stereocenters. The molecule has 0 aromatic carbocycles. The third-order valence-electron chi connectivity index (χ3n) is 2.22. The highest BCUT2D eigenvalue weighted by Gasteiger charge is 2.15. The first-order valence-corrected chi connectivity index (χ1v) is 4.86. The lowest BCUT2D eigenvalue weighted by Crippen LogP contribution is -2.50. The molecular formula is C9H20N4. The standard InChI is InChI=1S/C9H20N4/c1-8(2)11-9(10)13-6-4-12(3)5-7-13/h8H,4-7H2,1-3H3,(H2,10,11). The van der Waals surface area contributed by atoms with Crippen molar-refractivity contribution in [3.05, 3.63) is 0 Å². The molecule has 0 bridgehead atoms. The number of hydrogen-bond donors (Lipinski definition) is 1. The van der Waals surface area contributed by atoms with Gasteiger partial charge in [-0.15, -0.1) is 0 Å². The Bertz CT molecular complexity index is 180. The number of nitrogens with two attached hydrogens (primary N) is 1. The molecule has 13 heavy (non-hydrogen) atoms. The smallest absolute Gasteiger partial charge is 0.191 e. The Morgan fingerprint density at radius 1 is 1.23 bits per heavy atom. The summed E-state index contributed by atoms with van der Waals surface area (Å²) in [7, 11) is 2.13. The molecule has 1 saturated heterocycles. The molecule has 1 aliphatic rings. The van der Waals surface area contributed by atoms with Gasteiger partial charge in [-0.2, -0.15) is 0 Å². The van der Waals surface area contributed by atoms with E-state index in [0.717, 1.165) is 26.2 Å². The minimum Gasteiger partial charge on any atom is -0.370 e. The molecule has 1 rings (SSSR count). The highest BCUT2D eigenvalue weighted by atomic mass is 15.3. The van der Waals surface area contributed by atoms with Gasteiger partial charge in [0.2, 0.25) is 0 Å². The summed E-state index contributed by atoms with van der Waals surface area (Å²) >= 11 is 0. The van der Waals surface area contributed by atoms with Crippen LogP contribution in [-0.2, 0) is 0 Å². The lowest BCUT2D eigenvalue weighted by Gasteiger charge is -2.33. The summed E-state index contributed by atoms with van der Waals surface area (Å²) in [6, 6.07) is 0.291. The zero-order chi connectivity index (χ0) is 9.84. The van der Waals surface area contributed by atoms with E-state index in [-0.39, 0.29) is 0 Å². The van der Waals surface area contributed by atoms with Gasteiger partial charge >= 0.3 is 0 Å². The van der Waals surface area contributed by atoms with Gasteiger partial charge in [0.25, 0.3) is 0 Å². The number of likely N-dealkylation sites (N-methyl/N-ethyl adjacent to an activating group) is 1. The van der Waals surface area contributed by atoms with Gasteiger partial charge in [-0.1, -0.05) is 0 Å². The maximum atomic E-state index is 5.85. The summed E-state index contributed by atoms with van der Waals surface area (Å²) in [5.74, 6) is 0.697. The molecule has 1 aliphatic heterocycles. The van der Waals surface area contributed by atoms with Crippen LogP contribution >= 0.6 is 0 Å². The fraction of sp³-hybridized carbons (Fsp3) is 0.889. The van der Waals surface area contributed by atoms with Crippen LogP contribution in [0.1, 0.15) is 13.8 Å². The van der Waals surface area contributed by atoms with E-state index in [1.54, 1.807) is 0 Å². The maximum absolute atomic E-state index is 5.85. The molecule has 0 unspecified atom stereocenters. The SMILES string of the molecule is CC(C)N=C(N)N1CCN(C)CC1. The van der Waals surface area contributed by atoms with Crippen molar-refractivity contribution in [1.29, 1.82) is 0 Å². The molecule has 0 aromatic rings. The first-order valence-electron chi connectivity index (χ1n) is 4.86. The topological polar surface area (TPSA) is 44.9 Å². The molecule has 0 aromatic heterocycles. The van der Waals surface area contributed by atoms with Crippen molar-refractivity contribution < 1.29 is 0 Å². The van der Waals surface area contributed by atoms with Crippen LogP contribution in [0.4, 0.5) is 0 Å². The normalized spacial score (nSPS) is 21.2. The van der Waals surface area contributed by atoms with E-state index in [0.29, 0.717) is 12.0 Å². The van der Waals surface area contributed by atoms with E-state index in [1.807, 2.05) is 13.8 Å². The van der Waals surface area contributed by atoms with Crippen LogP contribution in [-0.4, -0.2) is 55.0 Å². The molecule has 4 heteroatoms. The zero-order valence-electron chi connectivity index (χ0n) is 8.82. The fourth-order valence-corrected chi connectivity index (χ4v) is 1.38. The summed E-state index contributed by atoms with van der Waals surface area (Å²) < 4.78 is 0. The van der Waals surface area contributed by atoms with Crippen molar-refractivity contribution in [1.82, 2.24) is 9.80 Å². The third-order valence-corrected chi connectivity index (χ3v) is 2.22. The predicted molar refractivity (Wildman–Crippen MR) is 55.8 cm³/mol. The summed E-state index contributed by atoms with van der Waals surface area (Å²) in [5.41, 5.74) is 5.85. The molecule has 0 radical (unpaired) electrons. The number of aliphatic imine (C=N–C) groups is 1. The molecule has 0 spiro atoms. The van der Waals surface area contributed by atoms with Gasteiger partial charge in [-0.05, 0) is 20.9 Å². The van der Waals surface area contributed by atoms with Crippen LogP contribution in [0.5, 0.6) is 0 Å². The first-order chi connectivity index (χ1) is 6.09. The minimum absolute atomic E-state index is 0.291. The van der Waals surface area contributed by atoms with Crippen molar-refractivity contribution in [2.75, 3.05) is 33.2 Å². The average molecular weight is 184 g/mol. The van der Waals surface area contributed by atoms with Crippen LogP contribution in [0.2, 0.25) is 0 Å². The molecule has 1 fully saturated rings. The van der Waals surface area contributed by atoms with Gasteiger partial charge in [0.1, 0.15) is 0 Å². The van der Waals surface area contributed by atoms with Crippen LogP contribution in [0.15, 0.2) is 4.99 Å². The van der Waals surface area contributed by atoms with Crippen LogP contribution in [0.25, 0.3) is 0 Å². The van der Waals surface area contributed by atoms with Gasteiger partial charge < -0.3 is 15.5 Å². The number of guanidine groups is 1. The monoisotopic (exact) mass is 184 g/mol. The number of rotatable bonds is 1. The predicted octanol–water partition coefficient (Wildman–Crippen LogP) is -0.0431. The maximum Gasteiger partial charge on any atom is 0.191 e. The summed E-state index contributed by atoms with van der Waals surface area (Å²) in [4.78, 5) is 8.79. The van der Waals surface area contributed by atoms with E-state index in [2.05, 4.69) is 21.8 Å². The Balaban J connectivity index is 2.44. The molecule has 0 saturated carbocycles. The second-order valence-corrected chi connectivity index (χ2v) is 3.87. The Morgan fingerprint density at radius 3 is 2.23 bits per heavy atom. The molecule has 0 aliphatic carbocycles. The minimum atomic E-state index is 0.291. The zero-order valence-corrected chi connectivity index (χ0v) is 8.82. The van der Waals surface area contributed by atoms with E-state index in [1.165, 1.54) is 0 Å². The van der Waals surface area contributed by atoms with Crippen molar-refractivity contribution in [3.63, 3.8) is 0 Å². The first kappa shape index (κ1) is 10.3. The average Bonchev–Trinajstić information content (AvgIpc) is 2.04. The molecular weight excluding hydrogens is 164 g/mol. The number of hydrogen-bond acceptors (Lipinski definition) is 2. The van der Waals surface area contributed by atoms with E-state index < -0.39 is 0 Å². The second kappa shape index (κ2) is 4.46. The second-order valence-electron chi connectivity index (χ2n) is 3.87. The highest BCUT2D eigenvalue weighted by Crippen LogP contribution is 1.99.